The summed E-state index contributed by atoms with van der Waals surface area (Å²) in [5.74, 6) is 0.508. The lowest BCUT2D eigenvalue weighted by Gasteiger charge is -2.05. The molecule has 114 valence electrons. The first-order chi connectivity index (χ1) is 10.6. The average Bonchev–Trinajstić information content (AvgIpc) is 2.99. The van der Waals surface area contributed by atoms with Crippen LogP contribution >= 0.6 is 0 Å². The Bertz CT molecular complexity index is 889. The fourth-order valence-corrected chi connectivity index (χ4v) is 3.57. The van der Waals surface area contributed by atoms with Crippen molar-refractivity contribution in [2.45, 2.75) is 9.92 Å². The Kier molecular flexibility index (Phi) is 3.82. The number of rotatable bonds is 5. The highest BCUT2D eigenvalue weighted by Crippen LogP contribution is 2.30. The van der Waals surface area contributed by atoms with E-state index in [2.05, 4.69) is 10.2 Å². The molecule has 0 unspecified atom stereocenters. The van der Waals surface area contributed by atoms with Crippen LogP contribution in [-0.2, 0) is 9.84 Å². The number of aromatic nitrogens is 2. The quantitative estimate of drug-likeness (QED) is 0.747. The Morgan fingerprint density at radius 3 is 2.59 bits per heavy atom. The molecule has 0 aliphatic rings. The van der Waals surface area contributed by atoms with Gasteiger partial charge >= 0.3 is 0 Å². The topological polar surface area (TPSA) is 98.1 Å². The van der Waals surface area contributed by atoms with Gasteiger partial charge in [0.1, 0.15) is 17.9 Å². The molecule has 0 spiro atoms. The van der Waals surface area contributed by atoms with E-state index in [0.717, 1.165) is 0 Å². The van der Waals surface area contributed by atoms with Gasteiger partial charge in [-0.2, -0.15) is 5.10 Å². The Balaban J connectivity index is 2.13. The second-order valence-electron chi connectivity index (χ2n) is 4.66. The molecular formula is C15H15N3O3S. The fourth-order valence-electron chi connectivity index (χ4n) is 2.20. The number of benzene rings is 2. The highest BCUT2D eigenvalue weighted by Gasteiger charge is 2.23. The van der Waals surface area contributed by atoms with Crippen molar-refractivity contribution in [3.8, 4) is 5.75 Å². The Labute approximate surface area is 127 Å². The van der Waals surface area contributed by atoms with E-state index in [1.807, 2.05) is 0 Å². The number of nitrogens with two attached hydrogens (primary N) is 1. The third kappa shape index (κ3) is 2.44. The zero-order valence-corrected chi connectivity index (χ0v) is 12.5. The molecular weight excluding hydrogens is 302 g/mol. The largest absolute Gasteiger partial charge is 0.490 e. The maximum Gasteiger partial charge on any atom is 0.223 e. The van der Waals surface area contributed by atoms with Gasteiger partial charge in [0.2, 0.25) is 9.84 Å². The molecule has 3 aromatic rings. The van der Waals surface area contributed by atoms with Crippen LogP contribution in [0.4, 0.5) is 0 Å². The third-order valence-electron chi connectivity index (χ3n) is 3.21. The molecule has 0 aliphatic carbocycles. The van der Waals surface area contributed by atoms with Crippen molar-refractivity contribution < 1.29 is 13.2 Å². The zero-order chi connectivity index (χ0) is 15.6. The minimum Gasteiger partial charge on any atom is -0.490 e. The van der Waals surface area contributed by atoms with Crippen LogP contribution in [-0.4, -0.2) is 31.8 Å². The van der Waals surface area contributed by atoms with Crippen molar-refractivity contribution in [1.82, 2.24) is 10.2 Å². The predicted molar refractivity (Wildman–Crippen MR) is 82.5 cm³/mol. The van der Waals surface area contributed by atoms with Crippen molar-refractivity contribution in [2.75, 3.05) is 13.2 Å². The zero-order valence-electron chi connectivity index (χ0n) is 11.7. The molecule has 1 aromatic heterocycles. The molecule has 0 atom stereocenters. The smallest absolute Gasteiger partial charge is 0.223 e. The highest BCUT2D eigenvalue weighted by atomic mass is 32.2. The van der Waals surface area contributed by atoms with Crippen LogP contribution in [0.3, 0.4) is 0 Å². The van der Waals surface area contributed by atoms with Gasteiger partial charge in [0.25, 0.3) is 0 Å². The van der Waals surface area contributed by atoms with Crippen LogP contribution in [0.5, 0.6) is 5.75 Å². The van der Waals surface area contributed by atoms with Crippen LogP contribution < -0.4 is 10.5 Å². The molecule has 22 heavy (non-hydrogen) atoms. The van der Waals surface area contributed by atoms with Gasteiger partial charge in [-0.05, 0) is 24.3 Å². The van der Waals surface area contributed by atoms with Crippen molar-refractivity contribution in [1.29, 1.82) is 0 Å². The van der Waals surface area contributed by atoms with Crippen LogP contribution in [0.1, 0.15) is 0 Å². The van der Waals surface area contributed by atoms with Crippen molar-refractivity contribution in [3.05, 3.63) is 48.5 Å². The minimum absolute atomic E-state index is 0.0619. The number of nitrogens with one attached hydrogen (secondary N) is 1. The number of ether oxygens (including phenoxy) is 1. The second kappa shape index (κ2) is 5.78. The molecule has 0 amide bonds. The number of para-hydroxylation sites is 1. The minimum atomic E-state index is -3.66. The summed E-state index contributed by atoms with van der Waals surface area (Å²) in [7, 11) is -3.66. The first-order valence-electron chi connectivity index (χ1n) is 6.74. The number of aromatic amines is 1. The number of nitrogens with zero attached hydrogens (tertiary/aromatic N) is 1. The monoisotopic (exact) mass is 317 g/mol. The maximum atomic E-state index is 12.7. The molecule has 6 nitrogen and oxygen atoms in total. The van der Waals surface area contributed by atoms with E-state index in [1.165, 1.54) is 0 Å². The number of hydrogen-bond acceptors (Lipinski definition) is 5. The summed E-state index contributed by atoms with van der Waals surface area (Å²) >= 11 is 0. The van der Waals surface area contributed by atoms with Crippen LogP contribution in [0.2, 0.25) is 0 Å². The molecule has 3 rings (SSSR count). The summed E-state index contributed by atoms with van der Waals surface area (Å²) in [5, 5.41) is 7.27. The van der Waals surface area contributed by atoms with Crippen molar-refractivity contribution >= 4 is 20.7 Å². The van der Waals surface area contributed by atoms with Crippen molar-refractivity contribution in [3.63, 3.8) is 0 Å². The van der Waals surface area contributed by atoms with Gasteiger partial charge in [0.15, 0.2) is 5.03 Å². The summed E-state index contributed by atoms with van der Waals surface area (Å²) in [6.07, 6.45) is 0. The van der Waals surface area contributed by atoms with Crippen LogP contribution in [0.15, 0.2) is 58.5 Å². The SMILES string of the molecule is NCCOc1cccc2c(S(=O)(=O)c3ccccc3)[nH]nc12. The molecule has 0 radical (unpaired) electrons. The Morgan fingerprint density at radius 2 is 1.86 bits per heavy atom. The molecule has 0 aliphatic heterocycles. The third-order valence-corrected chi connectivity index (χ3v) is 4.95. The highest BCUT2D eigenvalue weighted by molar-refractivity contribution is 7.91. The first-order valence-corrected chi connectivity index (χ1v) is 8.23. The predicted octanol–water partition coefficient (Wildman–Crippen LogP) is 1.73. The normalized spacial score (nSPS) is 11.7. The second-order valence-corrected chi connectivity index (χ2v) is 6.55. The number of fused-ring (bicyclic) bond motifs is 1. The fraction of sp³-hybridized carbons (Fsp3) is 0.133. The van der Waals surface area contributed by atoms with E-state index < -0.39 is 9.84 Å². The van der Waals surface area contributed by atoms with Crippen LogP contribution in [0.25, 0.3) is 10.9 Å². The summed E-state index contributed by atoms with van der Waals surface area (Å²) < 4.78 is 30.9. The van der Waals surface area contributed by atoms with Gasteiger partial charge in [0, 0.05) is 11.9 Å². The molecule has 3 N–H and O–H groups in total. The first kappa shape index (κ1) is 14.6. The Hall–Kier alpha value is -2.38. The summed E-state index contributed by atoms with van der Waals surface area (Å²) in [4.78, 5) is 0.217. The molecule has 0 bridgehead atoms. The summed E-state index contributed by atoms with van der Waals surface area (Å²) in [6.45, 7) is 0.711. The van der Waals surface area contributed by atoms with E-state index in [4.69, 9.17) is 10.5 Å². The molecule has 0 fully saturated rings. The number of H-pyrrole nitrogens is 1. The molecule has 0 saturated carbocycles. The van der Waals surface area contributed by atoms with Gasteiger partial charge in [-0.15, -0.1) is 0 Å². The van der Waals surface area contributed by atoms with Gasteiger partial charge in [-0.25, -0.2) is 8.42 Å². The summed E-state index contributed by atoms with van der Waals surface area (Å²) in [6, 6.07) is 13.4. The standard InChI is InChI=1S/C15H15N3O3S/c16-9-10-21-13-8-4-7-12-14(13)17-18-15(12)22(19,20)11-5-2-1-3-6-11/h1-8H,9-10,16H2,(H,17,18). The van der Waals surface area contributed by atoms with Gasteiger partial charge in [-0.1, -0.05) is 24.3 Å². The number of hydrogen-bond donors (Lipinski definition) is 2. The lowest BCUT2D eigenvalue weighted by Crippen LogP contribution is -2.10. The van der Waals surface area contributed by atoms with E-state index >= 15 is 0 Å². The maximum absolute atomic E-state index is 12.7. The lowest BCUT2D eigenvalue weighted by molar-refractivity contribution is 0.331. The van der Waals surface area contributed by atoms with Crippen LogP contribution in [0, 0.1) is 0 Å². The molecule has 2 aromatic carbocycles. The van der Waals surface area contributed by atoms with E-state index in [9.17, 15) is 8.42 Å². The lowest BCUT2D eigenvalue weighted by atomic mass is 10.2. The average molecular weight is 317 g/mol. The van der Waals surface area contributed by atoms with E-state index in [0.29, 0.717) is 29.8 Å². The van der Waals surface area contributed by atoms with Gasteiger partial charge in [-0.3, -0.25) is 5.10 Å². The van der Waals surface area contributed by atoms with Crippen molar-refractivity contribution in [2.24, 2.45) is 5.73 Å². The molecule has 7 heteroatoms. The molecule has 1 heterocycles. The van der Waals surface area contributed by atoms with E-state index in [-0.39, 0.29) is 9.92 Å². The summed E-state index contributed by atoms with van der Waals surface area (Å²) in [5.41, 5.74) is 5.90. The Morgan fingerprint density at radius 1 is 1.09 bits per heavy atom. The molecule has 0 saturated heterocycles. The van der Waals surface area contributed by atoms with Gasteiger partial charge < -0.3 is 10.5 Å². The van der Waals surface area contributed by atoms with E-state index in [1.54, 1.807) is 48.5 Å². The van der Waals surface area contributed by atoms with Gasteiger partial charge in [0.05, 0.1) is 4.90 Å². The number of sulfone groups is 1.